The fraction of sp³-hybridized carbons (Fsp3) is 0.350. The number of nitrogens with zero attached hydrogens (tertiary/aromatic N) is 1. The van der Waals surface area contributed by atoms with Crippen LogP contribution in [0, 0.1) is 0 Å². The zero-order chi connectivity index (χ0) is 18.1. The van der Waals surface area contributed by atoms with Crippen LogP contribution in [0.1, 0.15) is 17.5 Å². The van der Waals surface area contributed by atoms with E-state index in [0.717, 1.165) is 34.3 Å². The van der Waals surface area contributed by atoms with Gasteiger partial charge in [-0.1, -0.05) is 46.3 Å². The van der Waals surface area contributed by atoms with Gasteiger partial charge in [0.05, 0.1) is 0 Å². The third-order valence-corrected chi connectivity index (χ3v) is 4.57. The molecule has 0 heterocycles. The second-order valence-corrected chi connectivity index (χ2v) is 7.02. The standard InChI is InChI=1S/C20H25BrN2O2/c1-23(2)13-14-25-18-10-7-16(8-11-18)15-22-20(24)12-9-17-5-3-4-6-19(17)21/h3-8,10-11H,9,12-15H2,1-2H3,(H,22,24). The van der Waals surface area contributed by atoms with Crippen LogP contribution >= 0.6 is 15.9 Å². The van der Waals surface area contributed by atoms with Crippen LogP contribution in [0.2, 0.25) is 0 Å². The lowest BCUT2D eigenvalue weighted by Crippen LogP contribution is -2.23. The monoisotopic (exact) mass is 404 g/mol. The maximum absolute atomic E-state index is 12.0. The second-order valence-electron chi connectivity index (χ2n) is 6.16. The van der Waals surface area contributed by atoms with Crippen LogP contribution < -0.4 is 10.1 Å². The van der Waals surface area contributed by atoms with E-state index in [0.29, 0.717) is 19.6 Å². The van der Waals surface area contributed by atoms with E-state index in [-0.39, 0.29) is 5.91 Å². The Hall–Kier alpha value is -1.85. The number of carbonyl (C=O) groups excluding carboxylic acids is 1. The van der Waals surface area contributed by atoms with Crippen molar-refractivity contribution in [2.75, 3.05) is 27.2 Å². The van der Waals surface area contributed by atoms with Gasteiger partial charge in [-0.05, 0) is 49.8 Å². The number of hydrogen-bond donors (Lipinski definition) is 1. The number of hydrogen-bond acceptors (Lipinski definition) is 3. The minimum Gasteiger partial charge on any atom is -0.492 e. The summed E-state index contributed by atoms with van der Waals surface area (Å²) >= 11 is 3.51. The first-order valence-electron chi connectivity index (χ1n) is 8.41. The molecular weight excluding hydrogens is 380 g/mol. The Kier molecular flexibility index (Phi) is 7.95. The first-order chi connectivity index (χ1) is 12.0. The van der Waals surface area contributed by atoms with Crippen molar-refractivity contribution in [3.63, 3.8) is 0 Å². The highest BCUT2D eigenvalue weighted by Gasteiger charge is 2.05. The van der Waals surface area contributed by atoms with Crippen molar-refractivity contribution in [3.05, 3.63) is 64.1 Å². The molecule has 0 aliphatic carbocycles. The van der Waals surface area contributed by atoms with Gasteiger partial charge >= 0.3 is 0 Å². The zero-order valence-corrected chi connectivity index (χ0v) is 16.4. The third kappa shape index (κ3) is 7.28. The summed E-state index contributed by atoms with van der Waals surface area (Å²) in [7, 11) is 4.04. The maximum atomic E-state index is 12.0. The molecule has 0 aromatic heterocycles. The molecule has 1 N–H and O–H groups in total. The van der Waals surface area contributed by atoms with E-state index >= 15 is 0 Å². The lowest BCUT2D eigenvalue weighted by atomic mass is 10.1. The predicted molar refractivity (Wildman–Crippen MR) is 105 cm³/mol. The maximum Gasteiger partial charge on any atom is 0.220 e. The molecule has 0 radical (unpaired) electrons. The van der Waals surface area contributed by atoms with Crippen molar-refractivity contribution < 1.29 is 9.53 Å². The van der Waals surface area contributed by atoms with Crippen LogP contribution in [-0.2, 0) is 17.8 Å². The second kappa shape index (κ2) is 10.2. The molecule has 5 heteroatoms. The number of benzene rings is 2. The summed E-state index contributed by atoms with van der Waals surface area (Å²) < 4.78 is 6.71. The van der Waals surface area contributed by atoms with E-state index in [2.05, 4.69) is 26.1 Å². The predicted octanol–water partition coefficient (Wildman–Crippen LogP) is 3.64. The van der Waals surface area contributed by atoms with Crippen LogP contribution in [0.3, 0.4) is 0 Å². The molecule has 134 valence electrons. The van der Waals surface area contributed by atoms with Gasteiger partial charge in [0.25, 0.3) is 0 Å². The quantitative estimate of drug-likeness (QED) is 0.693. The van der Waals surface area contributed by atoms with E-state index in [9.17, 15) is 4.79 Å². The molecule has 0 spiro atoms. The van der Waals surface area contributed by atoms with Crippen molar-refractivity contribution in [2.24, 2.45) is 0 Å². The molecule has 0 fully saturated rings. The first kappa shape index (κ1) is 19.5. The number of likely N-dealkylation sites (N-methyl/N-ethyl adjacent to an activating group) is 1. The van der Waals surface area contributed by atoms with Crippen LogP contribution in [-0.4, -0.2) is 38.1 Å². The Balaban J connectivity index is 1.71. The summed E-state index contributed by atoms with van der Waals surface area (Å²) in [6, 6.07) is 15.8. The van der Waals surface area contributed by atoms with Gasteiger partial charge in [0.1, 0.15) is 12.4 Å². The molecule has 2 rings (SSSR count). The van der Waals surface area contributed by atoms with Crippen LogP contribution in [0.5, 0.6) is 5.75 Å². The average Bonchev–Trinajstić information content (AvgIpc) is 2.60. The number of ether oxygens (including phenoxy) is 1. The molecule has 0 aliphatic heterocycles. The molecule has 0 bridgehead atoms. The molecule has 0 saturated heterocycles. The largest absolute Gasteiger partial charge is 0.492 e. The van der Waals surface area contributed by atoms with Gasteiger partial charge < -0.3 is 15.0 Å². The SMILES string of the molecule is CN(C)CCOc1ccc(CNC(=O)CCc2ccccc2Br)cc1. The molecule has 0 unspecified atom stereocenters. The Labute approximate surface area is 158 Å². The number of rotatable bonds is 9. The zero-order valence-electron chi connectivity index (χ0n) is 14.8. The van der Waals surface area contributed by atoms with Crippen molar-refractivity contribution in [1.82, 2.24) is 10.2 Å². The van der Waals surface area contributed by atoms with Gasteiger partial charge in [0, 0.05) is 24.0 Å². The summed E-state index contributed by atoms with van der Waals surface area (Å²) in [5.41, 5.74) is 2.21. The fourth-order valence-corrected chi connectivity index (χ4v) is 2.77. The van der Waals surface area contributed by atoms with Crippen molar-refractivity contribution in [2.45, 2.75) is 19.4 Å². The topological polar surface area (TPSA) is 41.6 Å². The van der Waals surface area contributed by atoms with Gasteiger partial charge in [-0.2, -0.15) is 0 Å². The minimum atomic E-state index is 0.0575. The van der Waals surface area contributed by atoms with E-state index in [4.69, 9.17) is 4.74 Å². The third-order valence-electron chi connectivity index (χ3n) is 3.80. The summed E-state index contributed by atoms with van der Waals surface area (Å²) in [5.74, 6) is 0.910. The normalized spacial score (nSPS) is 10.7. The van der Waals surface area contributed by atoms with Crippen molar-refractivity contribution >= 4 is 21.8 Å². The summed E-state index contributed by atoms with van der Waals surface area (Å²) in [6.45, 7) is 2.08. The molecule has 25 heavy (non-hydrogen) atoms. The van der Waals surface area contributed by atoms with Crippen LogP contribution in [0.4, 0.5) is 0 Å². The lowest BCUT2D eigenvalue weighted by molar-refractivity contribution is -0.121. The highest BCUT2D eigenvalue weighted by molar-refractivity contribution is 9.10. The molecule has 0 saturated carbocycles. The lowest BCUT2D eigenvalue weighted by Gasteiger charge is -2.11. The Morgan fingerprint density at radius 1 is 1.12 bits per heavy atom. The van der Waals surface area contributed by atoms with Crippen molar-refractivity contribution in [1.29, 1.82) is 0 Å². The molecule has 0 atom stereocenters. The Morgan fingerprint density at radius 2 is 1.84 bits per heavy atom. The fourth-order valence-electron chi connectivity index (χ4n) is 2.29. The Morgan fingerprint density at radius 3 is 2.52 bits per heavy atom. The van der Waals surface area contributed by atoms with E-state index in [1.54, 1.807) is 0 Å². The number of nitrogens with one attached hydrogen (secondary N) is 1. The van der Waals surface area contributed by atoms with Crippen LogP contribution in [0.15, 0.2) is 53.0 Å². The molecule has 2 aromatic carbocycles. The smallest absolute Gasteiger partial charge is 0.220 e. The average molecular weight is 405 g/mol. The van der Waals surface area contributed by atoms with Gasteiger partial charge in [0.2, 0.25) is 5.91 Å². The molecule has 2 aromatic rings. The summed E-state index contributed by atoms with van der Waals surface area (Å²) in [5, 5.41) is 2.96. The van der Waals surface area contributed by atoms with E-state index in [1.807, 2.05) is 62.6 Å². The number of halogens is 1. The number of amides is 1. The molecular formula is C20H25BrN2O2. The van der Waals surface area contributed by atoms with Gasteiger partial charge in [-0.15, -0.1) is 0 Å². The van der Waals surface area contributed by atoms with Gasteiger partial charge in [0.15, 0.2) is 0 Å². The number of carbonyl (C=O) groups is 1. The van der Waals surface area contributed by atoms with E-state index < -0.39 is 0 Å². The van der Waals surface area contributed by atoms with Gasteiger partial charge in [-0.25, -0.2) is 0 Å². The highest BCUT2D eigenvalue weighted by atomic mass is 79.9. The van der Waals surface area contributed by atoms with Crippen LogP contribution in [0.25, 0.3) is 0 Å². The highest BCUT2D eigenvalue weighted by Crippen LogP contribution is 2.17. The number of aryl methyl sites for hydroxylation is 1. The van der Waals surface area contributed by atoms with Crippen molar-refractivity contribution in [3.8, 4) is 5.75 Å². The molecule has 1 amide bonds. The van der Waals surface area contributed by atoms with Gasteiger partial charge in [-0.3, -0.25) is 4.79 Å². The first-order valence-corrected chi connectivity index (χ1v) is 9.20. The minimum absolute atomic E-state index is 0.0575. The Bertz CT molecular complexity index is 672. The van der Waals surface area contributed by atoms with E-state index in [1.165, 1.54) is 0 Å². The molecule has 0 aliphatic rings. The molecule has 4 nitrogen and oxygen atoms in total. The summed E-state index contributed by atoms with van der Waals surface area (Å²) in [6.07, 6.45) is 1.21. The summed E-state index contributed by atoms with van der Waals surface area (Å²) in [4.78, 5) is 14.1.